The van der Waals surface area contributed by atoms with Crippen LogP contribution in [0.1, 0.15) is 29.7 Å². The van der Waals surface area contributed by atoms with E-state index in [0.717, 1.165) is 0 Å². The van der Waals surface area contributed by atoms with Crippen molar-refractivity contribution in [1.82, 2.24) is 0 Å². The zero-order valence-corrected chi connectivity index (χ0v) is 21.4. The molecule has 1 atom stereocenters. The second kappa shape index (κ2) is 10.7. The number of hydrogen-bond acceptors (Lipinski definition) is 7. The average molecular weight is 504 g/mol. The van der Waals surface area contributed by atoms with E-state index in [1.807, 2.05) is 6.92 Å². The van der Waals surface area contributed by atoms with Crippen LogP contribution in [0, 0.1) is 6.92 Å². The Morgan fingerprint density at radius 3 is 2.30 bits per heavy atom. The van der Waals surface area contributed by atoms with E-state index in [1.54, 1.807) is 74.7 Å². The molecule has 37 heavy (non-hydrogen) atoms. The molecule has 3 aromatic carbocycles. The fraction of sp³-hybridized carbons (Fsp3) is 0.241. The maximum Gasteiger partial charge on any atom is 0.300 e. The van der Waals surface area contributed by atoms with Crippen molar-refractivity contribution >= 4 is 23.1 Å². The van der Waals surface area contributed by atoms with Crippen molar-refractivity contribution in [3.63, 3.8) is 0 Å². The smallest absolute Gasteiger partial charge is 0.300 e. The molecule has 1 saturated heterocycles. The van der Waals surface area contributed by atoms with Crippen molar-refractivity contribution < 1.29 is 33.6 Å². The first-order valence-electron chi connectivity index (χ1n) is 11.7. The quantitative estimate of drug-likeness (QED) is 0.261. The van der Waals surface area contributed by atoms with E-state index in [9.17, 15) is 14.7 Å². The number of aliphatic hydroxyl groups is 1. The van der Waals surface area contributed by atoms with E-state index in [4.69, 9.17) is 18.9 Å². The highest BCUT2D eigenvalue weighted by atomic mass is 16.5. The number of methoxy groups -OCH3 is 3. The highest BCUT2D eigenvalue weighted by molar-refractivity contribution is 6.51. The summed E-state index contributed by atoms with van der Waals surface area (Å²) in [5, 5.41) is 11.5. The molecule has 1 heterocycles. The third-order valence-electron chi connectivity index (χ3n) is 6.26. The van der Waals surface area contributed by atoms with Crippen LogP contribution in [0.25, 0.3) is 5.76 Å². The maximum absolute atomic E-state index is 13.5. The summed E-state index contributed by atoms with van der Waals surface area (Å²) in [6.45, 7) is 4.10. The van der Waals surface area contributed by atoms with Crippen molar-refractivity contribution in [3.8, 4) is 23.0 Å². The van der Waals surface area contributed by atoms with Crippen LogP contribution in [0.2, 0.25) is 0 Å². The zero-order valence-electron chi connectivity index (χ0n) is 21.4. The number of nitrogens with zero attached hydrogens (tertiary/aromatic N) is 1. The van der Waals surface area contributed by atoms with Gasteiger partial charge in [0, 0.05) is 17.3 Å². The predicted molar refractivity (Wildman–Crippen MR) is 140 cm³/mol. The summed E-state index contributed by atoms with van der Waals surface area (Å²) in [6.07, 6.45) is 0. The first kappa shape index (κ1) is 25.6. The fourth-order valence-corrected chi connectivity index (χ4v) is 4.50. The van der Waals surface area contributed by atoms with Gasteiger partial charge in [0.1, 0.15) is 17.3 Å². The number of aliphatic hydroxyl groups excluding tert-OH is 1. The highest BCUT2D eigenvalue weighted by Gasteiger charge is 2.47. The normalized spacial score (nSPS) is 16.6. The molecule has 1 amide bonds. The number of Topliss-reactive ketones (excluding diaryl/α,β-unsaturated/α-hetero) is 1. The van der Waals surface area contributed by atoms with Crippen molar-refractivity contribution in [3.05, 3.63) is 82.9 Å². The molecule has 0 aromatic heterocycles. The first-order chi connectivity index (χ1) is 17.8. The van der Waals surface area contributed by atoms with Crippen LogP contribution < -0.4 is 23.8 Å². The number of aryl methyl sites for hydroxylation is 1. The Bertz CT molecular complexity index is 1380. The monoisotopic (exact) mass is 503 g/mol. The van der Waals surface area contributed by atoms with E-state index in [-0.39, 0.29) is 11.3 Å². The van der Waals surface area contributed by atoms with E-state index in [0.29, 0.717) is 52.0 Å². The molecule has 3 aromatic rings. The Labute approximate surface area is 215 Å². The Morgan fingerprint density at radius 1 is 0.892 bits per heavy atom. The molecule has 192 valence electrons. The summed E-state index contributed by atoms with van der Waals surface area (Å²) in [4.78, 5) is 28.3. The van der Waals surface area contributed by atoms with Crippen LogP contribution in [-0.2, 0) is 9.59 Å². The Morgan fingerprint density at radius 2 is 1.65 bits per heavy atom. The van der Waals surface area contributed by atoms with E-state index >= 15 is 0 Å². The Balaban J connectivity index is 1.97. The van der Waals surface area contributed by atoms with Gasteiger partial charge in [0.25, 0.3) is 11.7 Å². The number of amides is 1. The van der Waals surface area contributed by atoms with Crippen molar-refractivity contribution in [2.45, 2.75) is 19.9 Å². The summed E-state index contributed by atoms with van der Waals surface area (Å²) in [7, 11) is 4.58. The number of hydrogen-bond donors (Lipinski definition) is 1. The minimum absolute atomic E-state index is 0.0349. The number of carbonyl (C=O) groups excluding carboxylic acids is 2. The molecule has 0 radical (unpaired) electrons. The predicted octanol–water partition coefficient (Wildman–Crippen LogP) is 5.05. The van der Waals surface area contributed by atoms with Gasteiger partial charge in [-0.05, 0) is 67.4 Å². The minimum atomic E-state index is -0.932. The topological polar surface area (TPSA) is 94.5 Å². The van der Waals surface area contributed by atoms with Crippen LogP contribution in [0.5, 0.6) is 23.0 Å². The Kier molecular flexibility index (Phi) is 7.38. The second-order valence-corrected chi connectivity index (χ2v) is 8.39. The third-order valence-corrected chi connectivity index (χ3v) is 6.26. The lowest BCUT2D eigenvalue weighted by molar-refractivity contribution is -0.132. The first-order valence-corrected chi connectivity index (χ1v) is 11.7. The van der Waals surface area contributed by atoms with Gasteiger partial charge in [0.15, 0.2) is 11.5 Å². The standard InChI is InChI=1S/C29H29NO7/c1-6-37-21-9-7-8-19(16-21)30-26(18-10-13-23(35-4)24(15-18)36-5)25(28(32)29(30)33)27(31)22-12-11-20(34-3)14-17(22)2/h7-16,26,31H,6H2,1-5H3/b27-25+. The van der Waals surface area contributed by atoms with Crippen LogP contribution in [0.3, 0.4) is 0 Å². The summed E-state index contributed by atoms with van der Waals surface area (Å²) in [5.41, 5.74) is 2.09. The third kappa shape index (κ3) is 4.70. The van der Waals surface area contributed by atoms with Crippen LogP contribution in [0.15, 0.2) is 66.2 Å². The lowest BCUT2D eigenvalue weighted by Crippen LogP contribution is -2.29. The molecule has 1 fully saturated rings. The van der Waals surface area contributed by atoms with Gasteiger partial charge >= 0.3 is 0 Å². The number of carbonyl (C=O) groups is 2. The molecule has 0 spiro atoms. The lowest BCUT2D eigenvalue weighted by Gasteiger charge is -2.26. The molecule has 1 aliphatic heterocycles. The molecule has 8 nitrogen and oxygen atoms in total. The van der Waals surface area contributed by atoms with Gasteiger partial charge in [-0.15, -0.1) is 0 Å². The maximum atomic E-state index is 13.5. The van der Waals surface area contributed by atoms with Gasteiger partial charge in [-0.25, -0.2) is 0 Å². The van der Waals surface area contributed by atoms with Crippen molar-refractivity contribution in [2.75, 3.05) is 32.8 Å². The zero-order chi connectivity index (χ0) is 26.7. The van der Waals surface area contributed by atoms with Crippen molar-refractivity contribution in [2.24, 2.45) is 0 Å². The van der Waals surface area contributed by atoms with E-state index in [1.165, 1.54) is 19.1 Å². The lowest BCUT2D eigenvalue weighted by atomic mass is 9.93. The Hall–Kier alpha value is -4.46. The molecule has 0 saturated carbocycles. The van der Waals surface area contributed by atoms with Gasteiger partial charge in [0.2, 0.25) is 0 Å². The summed E-state index contributed by atoms with van der Waals surface area (Å²) < 4.78 is 21.7. The van der Waals surface area contributed by atoms with Gasteiger partial charge in [-0.1, -0.05) is 12.1 Å². The largest absolute Gasteiger partial charge is 0.507 e. The molecule has 4 rings (SSSR count). The van der Waals surface area contributed by atoms with Gasteiger partial charge in [0.05, 0.1) is 39.6 Å². The molecule has 1 aliphatic rings. The molecule has 1 unspecified atom stereocenters. The van der Waals surface area contributed by atoms with Crippen molar-refractivity contribution in [1.29, 1.82) is 0 Å². The van der Waals surface area contributed by atoms with Gasteiger partial charge < -0.3 is 24.1 Å². The van der Waals surface area contributed by atoms with E-state index < -0.39 is 17.7 Å². The number of ether oxygens (including phenoxy) is 4. The highest BCUT2D eigenvalue weighted by Crippen LogP contribution is 2.45. The molecular weight excluding hydrogens is 474 g/mol. The number of anilines is 1. The summed E-state index contributed by atoms with van der Waals surface area (Å²) >= 11 is 0. The molecule has 1 N–H and O–H groups in total. The SMILES string of the molecule is CCOc1cccc(N2C(=O)C(=O)/C(=C(/O)c3ccc(OC)cc3C)C2c2ccc(OC)c(OC)c2)c1. The molecule has 8 heteroatoms. The summed E-state index contributed by atoms with van der Waals surface area (Å²) in [6, 6.07) is 16.3. The fourth-order valence-electron chi connectivity index (χ4n) is 4.50. The van der Waals surface area contributed by atoms with Gasteiger partial charge in [-0.2, -0.15) is 0 Å². The van der Waals surface area contributed by atoms with Crippen LogP contribution >= 0.6 is 0 Å². The molecule has 0 aliphatic carbocycles. The van der Waals surface area contributed by atoms with Crippen LogP contribution in [0.4, 0.5) is 5.69 Å². The van der Waals surface area contributed by atoms with Crippen LogP contribution in [-0.4, -0.2) is 44.7 Å². The molecular formula is C29H29NO7. The average Bonchev–Trinajstić information content (AvgIpc) is 3.18. The minimum Gasteiger partial charge on any atom is -0.507 e. The number of benzene rings is 3. The number of rotatable bonds is 8. The van der Waals surface area contributed by atoms with Gasteiger partial charge in [-0.3, -0.25) is 14.5 Å². The van der Waals surface area contributed by atoms with E-state index in [2.05, 4.69) is 0 Å². The number of ketones is 1. The molecule has 0 bridgehead atoms. The summed E-state index contributed by atoms with van der Waals surface area (Å²) in [5.74, 6) is 0.247. The second-order valence-electron chi connectivity index (χ2n) is 8.39.